The lowest BCUT2D eigenvalue weighted by atomic mass is 9.98. The summed E-state index contributed by atoms with van der Waals surface area (Å²) in [7, 11) is 1.33. The van der Waals surface area contributed by atoms with Crippen LogP contribution in [0, 0.1) is 0 Å². The molecule has 0 spiro atoms. The molecule has 1 saturated carbocycles. The van der Waals surface area contributed by atoms with Crippen LogP contribution in [0.3, 0.4) is 0 Å². The third-order valence-corrected chi connectivity index (χ3v) is 4.27. The fourth-order valence-electron chi connectivity index (χ4n) is 2.75. The van der Waals surface area contributed by atoms with Crippen molar-refractivity contribution in [3.63, 3.8) is 0 Å². The lowest BCUT2D eigenvalue weighted by Crippen LogP contribution is -2.35. The van der Waals surface area contributed by atoms with E-state index in [-0.39, 0.29) is 30.0 Å². The maximum Gasteiger partial charge on any atom is 0.416 e. The molecule has 1 aromatic heterocycles. The summed E-state index contributed by atoms with van der Waals surface area (Å²) in [4.78, 5) is 33.4. The molecule has 2 unspecified atom stereocenters. The van der Waals surface area contributed by atoms with Gasteiger partial charge >= 0.3 is 6.18 Å². The summed E-state index contributed by atoms with van der Waals surface area (Å²) in [5.41, 5.74) is -0.991. The van der Waals surface area contributed by atoms with Gasteiger partial charge in [-0.25, -0.2) is 14.4 Å². The van der Waals surface area contributed by atoms with Gasteiger partial charge in [0.1, 0.15) is 6.17 Å². The summed E-state index contributed by atoms with van der Waals surface area (Å²) < 4.78 is 52.4. The van der Waals surface area contributed by atoms with Gasteiger partial charge in [0.2, 0.25) is 11.9 Å². The number of likely N-dealkylation sites (N-methyl/N-ethyl adjacent to an activating group) is 1. The zero-order valence-electron chi connectivity index (χ0n) is 14.7. The lowest BCUT2D eigenvalue weighted by molar-refractivity contribution is -0.137. The first-order chi connectivity index (χ1) is 13.2. The van der Waals surface area contributed by atoms with Crippen LogP contribution in [0.15, 0.2) is 36.7 Å². The van der Waals surface area contributed by atoms with E-state index in [9.17, 15) is 27.2 Å². The molecule has 0 radical (unpaired) electrons. The second-order valence-corrected chi connectivity index (χ2v) is 6.44. The Morgan fingerprint density at radius 1 is 1.25 bits per heavy atom. The van der Waals surface area contributed by atoms with Gasteiger partial charge in [-0.15, -0.1) is 0 Å². The third kappa shape index (κ3) is 4.44. The second-order valence-electron chi connectivity index (χ2n) is 6.44. The molecule has 3 rings (SSSR count). The van der Waals surface area contributed by atoms with Crippen LogP contribution < -0.4 is 5.32 Å². The molecule has 0 bridgehead atoms. The molecule has 1 heterocycles. The zero-order chi connectivity index (χ0) is 20.5. The summed E-state index contributed by atoms with van der Waals surface area (Å²) in [5.74, 6) is -1.94. The number of carbonyl (C=O) groups excluding carboxylic acids is 2. The minimum Gasteiger partial charge on any atom is -0.332 e. The Hall–Kier alpha value is -3.04. The highest BCUT2D eigenvalue weighted by atomic mass is 19.4. The zero-order valence-corrected chi connectivity index (χ0v) is 14.7. The summed E-state index contributed by atoms with van der Waals surface area (Å²) in [6.07, 6.45) is -2.96. The van der Waals surface area contributed by atoms with Crippen LogP contribution in [0.2, 0.25) is 0 Å². The van der Waals surface area contributed by atoms with Crippen LogP contribution in [-0.2, 0) is 11.0 Å². The highest BCUT2D eigenvalue weighted by Crippen LogP contribution is 2.46. The second kappa shape index (κ2) is 7.53. The van der Waals surface area contributed by atoms with Gasteiger partial charge in [0.05, 0.1) is 12.1 Å². The molecule has 6 nitrogen and oxygen atoms in total. The molecule has 2 aromatic rings. The Labute approximate surface area is 157 Å². The van der Waals surface area contributed by atoms with E-state index in [1.165, 1.54) is 19.4 Å². The first kappa shape index (κ1) is 19.7. The molecule has 2 amide bonds. The Kier molecular flexibility index (Phi) is 5.30. The van der Waals surface area contributed by atoms with E-state index in [1.54, 1.807) is 6.07 Å². The molecule has 1 fully saturated rings. The minimum atomic E-state index is -4.60. The normalized spacial score (nSPS) is 18.5. The minimum absolute atomic E-state index is 0.00553. The molecular weight excluding hydrogens is 380 g/mol. The SMILES string of the molecule is CN(CC(=O)Nc1ncccn1)C(=O)c1ccc(C(F)(F)F)cc1C1CC1F. The molecule has 1 aliphatic carbocycles. The fourth-order valence-corrected chi connectivity index (χ4v) is 2.75. The quantitative estimate of drug-likeness (QED) is 0.789. The number of carbonyl (C=O) groups is 2. The summed E-state index contributed by atoms with van der Waals surface area (Å²) in [5, 5.41) is 2.40. The Balaban J connectivity index is 1.76. The number of amides is 2. The molecule has 1 N–H and O–H groups in total. The number of aromatic nitrogens is 2. The molecule has 0 saturated heterocycles. The van der Waals surface area contributed by atoms with E-state index in [4.69, 9.17) is 0 Å². The number of anilines is 1. The molecular formula is C18H16F4N4O2. The summed E-state index contributed by atoms with van der Waals surface area (Å²) in [6, 6.07) is 4.18. The van der Waals surface area contributed by atoms with Crippen molar-refractivity contribution >= 4 is 17.8 Å². The molecule has 2 atom stereocenters. The Morgan fingerprint density at radius 3 is 2.46 bits per heavy atom. The van der Waals surface area contributed by atoms with Gasteiger partial charge in [0.15, 0.2) is 0 Å². The van der Waals surface area contributed by atoms with Gasteiger partial charge in [-0.1, -0.05) is 0 Å². The molecule has 10 heteroatoms. The van der Waals surface area contributed by atoms with E-state index >= 15 is 0 Å². The van der Waals surface area contributed by atoms with Crippen molar-refractivity contribution in [1.29, 1.82) is 0 Å². The van der Waals surface area contributed by atoms with Crippen LogP contribution in [0.1, 0.15) is 33.8 Å². The van der Waals surface area contributed by atoms with Crippen molar-refractivity contribution in [3.8, 4) is 0 Å². The number of hydrogen-bond donors (Lipinski definition) is 1. The fraction of sp³-hybridized carbons (Fsp3) is 0.333. The van der Waals surface area contributed by atoms with Crippen molar-refractivity contribution in [2.24, 2.45) is 0 Å². The average Bonchev–Trinajstić information content (AvgIpc) is 3.37. The van der Waals surface area contributed by atoms with Gasteiger partial charge in [-0.3, -0.25) is 14.9 Å². The smallest absolute Gasteiger partial charge is 0.332 e. The number of nitrogens with zero attached hydrogens (tertiary/aromatic N) is 3. The van der Waals surface area contributed by atoms with Crippen molar-refractivity contribution in [1.82, 2.24) is 14.9 Å². The van der Waals surface area contributed by atoms with E-state index in [0.29, 0.717) is 0 Å². The van der Waals surface area contributed by atoms with Crippen molar-refractivity contribution in [2.45, 2.75) is 24.7 Å². The standard InChI is InChI=1S/C18H16F4N4O2/c1-26(9-15(27)25-17-23-5-2-6-24-17)16(28)11-4-3-10(18(20,21)22)7-12(11)13-8-14(13)19/h2-7,13-14H,8-9H2,1H3,(H,23,24,25,27). The maximum absolute atomic E-state index is 13.5. The van der Waals surface area contributed by atoms with Gasteiger partial charge in [-0.05, 0) is 36.2 Å². The molecule has 148 valence electrons. The third-order valence-electron chi connectivity index (χ3n) is 4.27. The number of rotatable bonds is 5. The van der Waals surface area contributed by atoms with E-state index in [1.807, 2.05) is 0 Å². The van der Waals surface area contributed by atoms with E-state index in [0.717, 1.165) is 23.1 Å². The predicted molar refractivity (Wildman–Crippen MR) is 91.3 cm³/mol. The van der Waals surface area contributed by atoms with Crippen molar-refractivity contribution < 1.29 is 27.2 Å². The number of benzene rings is 1. The van der Waals surface area contributed by atoms with Gasteiger partial charge < -0.3 is 4.90 Å². The number of nitrogens with one attached hydrogen (secondary N) is 1. The highest BCUT2D eigenvalue weighted by Gasteiger charge is 2.42. The summed E-state index contributed by atoms with van der Waals surface area (Å²) in [6.45, 7) is -0.374. The van der Waals surface area contributed by atoms with Crippen molar-refractivity contribution in [2.75, 3.05) is 18.9 Å². The first-order valence-corrected chi connectivity index (χ1v) is 8.34. The summed E-state index contributed by atoms with van der Waals surface area (Å²) >= 11 is 0. The van der Waals surface area contributed by atoms with Crippen LogP contribution in [-0.4, -0.2) is 46.4 Å². The molecule has 0 aliphatic heterocycles. The topological polar surface area (TPSA) is 75.2 Å². The molecule has 1 aliphatic rings. The van der Waals surface area contributed by atoms with Crippen LogP contribution in [0.5, 0.6) is 0 Å². The predicted octanol–water partition coefficient (Wildman–Crippen LogP) is 3.03. The number of hydrogen-bond acceptors (Lipinski definition) is 4. The lowest BCUT2D eigenvalue weighted by Gasteiger charge is -2.19. The monoisotopic (exact) mass is 396 g/mol. The van der Waals surface area contributed by atoms with Crippen molar-refractivity contribution in [3.05, 3.63) is 53.3 Å². The van der Waals surface area contributed by atoms with E-state index in [2.05, 4.69) is 15.3 Å². The van der Waals surface area contributed by atoms with Gasteiger partial charge in [0.25, 0.3) is 5.91 Å². The van der Waals surface area contributed by atoms with Gasteiger partial charge in [0, 0.05) is 30.9 Å². The van der Waals surface area contributed by atoms with Crippen LogP contribution >= 0.6 is 0 Å². The number of halogens is 4. The highest BCUT2D eigenvalue weighted by molar-refractivity contribution is 5.99. The van der Waals surface area contributed by atoms with Crippen LogP contribution in [0.25, 0.3) is 0 Å². The maximum atomic E-state index is 13.5. The Bertz CT molecular complexity index is 889. The Morgan fingerprint density at radius 2 is 1.89 bits per heavy atom. The largest absolute Gasteiger partial charge is 0.416 e. The average molecular weight is 396 g/mol. The first-order valence-electron chi connectivity index (χ1n) is 8.34. The van der Waals surface area contributed by atoms with Gasteiger partial charge in [-0.2, -0.15) is 13.2 Å². The van der Waals surface area contributed by atoms with Crippen LogP contribution in [0.4, 0.5) is 23.5 Å². The van der Waals surface area contributed by atoms with E-state index < -0.39 is 35.6 Å². The number of alkyl halides is 4. The molecule has 1 aromatic carbocycles. The molecule has 28 heavy (non-hydrogen) atoms.